The first-order chi connectivity index (χ1) is 27.6. The van der Waals surface area contributed by atoms with Gasteiger partial charge in [-0.2, -0.15) is 5.26 Å². The van der Waals surface area contributed by atoms with E-state index in [1.165, 1.54) is 4.90 Å². The molecule has 5 heterocycles. The number of aromatic nitrogens is 3. The summed E-state index contributed by atoms with van der Waals surface area (Å²) in [6.07, 6.45) is 7.78. The van der Waals surface area contributed by atoms with Crippen LogP contribution >= 0.6 is 11.6 Å². The molecule has 15 nitrogen and oxygen atoms in total. The average molecular weight is 797 g/mol. The molecule has 0 bridgehead atoms. The van der Waals surface area contributed by atoms with E-state index < -0.39 is 11.9 Å². The van der Waals surface area contributed by atoms with Gasteiger partial charge in [-0.25, -0.2) is 4.98 Å². The number of rotatable bonds is 11. The lowest BCUT2D eigenvalue weighted by Crippen LogP contribution is -2.53. The van der Waals surface area contributed by atoms with Crippen LogP contribution in [-0.4, -0.2) is 120 Å². The highest BCUT2D eigenvalue weighted by Crippen LogP contribution is 2.28. The van der Waals surface area contributed by atoms with Crippen LogP contribution in [0.1, 0.15) is 73.0 Å². The molecule has 4 aliphatic rings. The Kier molecular flexibility index (Phi) is 12.8. The maximum absolute atomic E-state index is 13.0. The summed E-state index contributed by atoms with van der Waals surface area (Å²) in [7, 11) is 1.62. The molecule has 4 amide bonds. The van der Waals surface area contributed by atoms with Crippen LogP contribution in [0.2, 0.25) is 5.02 Å². The van der Waals surface area contributed by atoms with Crippen LogP contribution in [0.5, 0.6) is 5.75 Å². The molecule has 1 atom stereocenters. The molecule has 0 spiro atoms. The van der Waals surface area contributed by atoms with Gasteiger partial charge in [0.05, 0.1) is 23.1 Å². The number of piperidine rings is 2. The van der Waals surface area contributed by atoms with Gasteiger partial charge in [-0.15, -0.1) is 10.2 Å². The second kappa shape index (κ2) is 18.3. The third-order valence-electron chi connectivity index (χ3n) is 11.6. The topological polar surface area (TPSA) is 177 Å². The molecule has 1 aromatic carbocycles. The first-order valence-corrected chi connectivity index (χ1v) is 20.3. The lowest BCUT2D eigenvalue weighted by Gasteiger charge is -2.39. The maximum atomic E-state index is 13.0. The number of ether oxygens (including phenoxy) is 1. The number of amides is 4. The predicted octanol–water partition coefficient (Wildman–Crippen LogP) is 3.36. The Labute approximate surface area is 337 Å². The number of nitrogens with one attached hydrogen (secondary N) is 2. The Morgan fingerprint density at radius 2 is 1.68 bits per heavy atom. The molecule has 2 N–H and O–H groups in total. The van der Waals surface area contributed by atoms with Gasteiger partial charge in [0.1, 0.15) is 23.7 Å². The number of imide groups is 1. The van der Waals surface area contributed by atoms with Gasteiger partial charge in [-0.3, -0.25) is 29.4 Å². The molecule has 7 rings (SSSR count). The first-order valence-electron chi connectivity index (χ1n) is 19.9. The highest BCUT2D eigenvalue weighted by molar-refractivity contribution is 6.31. The van der Waals surface area contributed by atoms with Gasteiger partial charge < -0.3 is 24.8 Å². The van der Waals surface area contributed by atoms with Crippen molar-refractivity contribution in [2.24, 2.45) is 5.92 Å². The summed E-state index contributed by atoms with van der Waals surface area (Å²) in [6.45, 7) is 6.38. The fraction of sp³-hybridized carbons (Fsp3) is 0.512. The molecule has 4 fully saturated rings. The van der Waals surface area contributed by atoms with Crippen LogP contribution in [0, 0.1) is 17.2 Å². The first kappa shape index (κ1) is 39.9. The SMILES string of the molecule is CN(C(=O)Cc1ccnc(N2CCN(CC3CCN(c4ccc(C(=O)NC5CCC(Oc6ccc(C#N)c(Cl)c6)CC5)nn4)CC3)CC2)c1)C1CCC(=O)NC1=O. The molecule has 300 valence electrons. The standard InChI is InChI=1S/C41H49ClN10O5/c1-49(35-9-11-38(53)46-41(35)56)39(54)23-28-12-15-44-37(22-28)52-20-18-50(19-21-52)26-27-13-16-51(17-14-27)36-10-8-34(47-48-36)40(55)45-30-3-6-31(7-4-30)57-32-5-2-29(25-43)33(42)24-32/h2,5,8,10,12,15,22,24,27,30-31,35H,3-4,6-7,9,11,13-14,16-21,23,26H2,1H3,(H,45,55)(H,46,53,56). The Morgan fingerprint density at radius 1 is 0.930 bits per heavy atom. The van der Waals surface area contributed by atoms with Gasteiger partial charge in [0, 0.05) is 77.6 Å². The lowest BCUT2D eigenvalue weighted by atomic mass is 9.93. The van der Waals surface area contributed by atoms with E-state index in [-0.39, 0.29) is 42.7 Å². The van der Waals surface area contributed by atoms with Crippen LogP contribution in [0.25, 0.3) is 0 Å². The molecule has 0 radical (unpaired) electrons. The molecular formula is C41H49ClN10O5. The fourth-order valence-corrected chi connectivity index (χ4v) is 8.40. The Hall–Kier alpha value is -5.33. The highest BCUT2D eigenvalue weighted by atomic mass is 35.5. The van der Waals surface area contributed by atoms with Crippen LogP contribution in [0.4, 0.5) is 11.6 Å². The number of hydrogen-bond acceptors (Lipinski definition) is 12. The number of likely N-dealkylation sites (N-methyl/N-ethyl adjacent to an activating group) is 1. The summed E-state index contributed by atoms with van der Waals surface area (Å²) in [5.74, 6) is 1.76. The van der Waals surface area contributed by atoms with Crippen LogP contribution in [-0.2, 0) is 20.8 Å². The highest BCUT2D eigenvalue weighted by Gasteiger charge is 2.32. The summed E-state index contributed by atoms with van der Waals surface area (Å²) in [5, 5.41) is 23.6. The molecule has 16 heteroatoms. The Bertz CT molecular complexity index is 1970. The van der Waals surface area contributed by atoms with E-state index in [0.717, 1.165) is 102 Å². The summed E-state index contributed by atoms with van der Waals surface area (Å²) in [5.41, 5.74) is 1.57. The molecule has 1 unspecified atom stereocenters. The van der Waals surface area contributed by atoms with E-state index in [2.05, 4.69) is 46.6 Å². The van der Waals surface area contributed by atoms with Gasteiger partial charge in [0.25, 0.3) is 5.91 Å². The van der Waals surface area contributed by atoms with Crippen LogP contribution in [0.15, 0.2) is 48.7 Å². The van der Waals surface area contributed by atoms with E-state index in [4.69, 9.17) is 21.6 Å². The van der Waals surface area contributed by atoms with Crippen molar-refractivity contribution < 1.29 is 23.9 Å². The van der Waals surface area contributed by atoms with Crippen molar-refractivity contribution >= 4 is 46.9 Å². The average Bonchev–Trinajstić information content (AvgIpc) is 3.22. The number of benzene rings is 1. The Morgan fingerprint density at radius 3 is 2.37 bits per heavy atom. The summed E-state index contributed by atoms with van der Waals surface area (Å²) < 4.78 is 6.08. The third-order valence-corrected chi connectivity index (χ3v) is 12.0. The number of halogens is 1. The van der Waals surface area contributed by atoms with Crippen molar-refractivity contribution in [1.29, 1.82) is 5.26 Å². The number of hydrogen-bond donors (Lipinski definition) is 2. The Balaban J connectivity index is 0.798. The van der Waals surface area contributed by atoms with Crippen LogP contribution in [0.3, 0.4) is 0 Å². The third kappa shape index (κ3) is 10.2. The zero-order chi connectivity index (χ0) is 39.9. The number of nitriles is 1. The number of piperazine rings is 1. The number of pyridine rings is 1. The molecule has 57 heavy (non-hydrogen) atoms. The molecule has 3 aliphatic heterocycles. The number of carbonyl (C=O) groups excluding carboxylic acids is 4. The van der Waals surface area contributed by atoms with Crippen molar-refractivity contribution in [2.45, 2.75) is 76.0 Å². The molecule has 1 aliphatic carbocycles. The zero-order valence-electron chi connectivity index (χ0n) is 32.2. The second-order valence-corrected chi connectivity index (χ2v) is 15.9. The molecule has 1 saturated carbocycles. The normalized spacial score (nSPS) is 22.0. The number of anilines is 2. The van der Waals surface area contributed by atoms with Gasteiger partial charge in [-0.1, -0.05) is 11.6 Å². The minimum atomic E-state index is -0.633. The van der Waals surface area contributed by atoms with Crippen molar-refractivity contribution in [3.63, 3.8) is 0 Å². The van der Waals surface area contributed by atoms with Crippen molar-refractivity contribution in [3.05, 3.63) is 70.5 Å². The van der Waals surface area contributed by atoms with Crippen molar-refractivity contribution in [2.75, 3.05) is 62.7 Å². The van der Waals surface area contributed by atoms with E-state index in [1.54, 1.807) is 37.5 Å². The summed E-state index contributed by atoms with van der Waals surface area (Å²) in [4.78, 5) is 62.8. The van der Waals surface area contributed by atoms with E-state index in [1.807, 2.05) is 18.2 Å². The zero-order valence-corrected chi connectivity index (χ0v) is 33.0. The van der Waals surface area contributed by atoms with E-state index >= 15 is 0 Å². The smallest absolute Gasteiger partial charge is 0.272 e. The number of carbonyl (C=O) groups is 4. The van der Waals surface area contributed by atoms with Gasteiger partial charge in [0.15, 0.2) is 11.5 Å². The van der Waals surface area contributed by atoms with Crippen molar-refractivity contribution in [3.8, 4) is 11.8 Å². The fourth-order valence-electron chi connectivity index (χ4n) is 8.19. The number of nitrogens with zero attached hydrogens (tertiary/aromatic N) is 8. The van der Waals surface area contributed by atoms with E-state index in [0.29, 0.717) is 34.4 Å². The maximum Gasteiger partial charge on any atom is 0.272 e. The quantitative estimate of drug-likeness (QED) is 0.271. The largest absolute Gasteiger partial charge is 0.490 e. The lowest BCUT2D eigenvalue weighted by molar-refractivity contribution is -0.144. The molecular weight excluding hydrogens is 748 g/mol. The van der Waals surface area contributed by atoms with Gasteiger partial charge >= 0.3 is 0 Å². The molecule has 2 aromatic heterocycles. The minimum absolute atomic E-state index is 0.0259. The summed E-state index contributed by atoms with van der Waals surface area (Å²) >= 11 is 6.15. The molecule has 3 saturated heterocycles. The molecule has 3 aromatic rings. The minimum Gasteiger partial charge on any atom is -0.490 e. The summed E-state index contributed by atoms with van der Waals surface area (Å²) in [6, 6.07) is 14.0. The van der Waals surface area contributed by atoms with Gasteiger partial charge in [0.2, 0.25) is 17.7 Å². The predicted molar refractivity (Wildman–Crippen MR) is 213 cm³/mol. The monoisotopic (exact) mass is 796 g/mol. The van der Waals surface area contributed by atoms with Crippen molar-refractivity contribution in [1.82, 2.24) is 35.6 Å². The second-order valence-electron chi connectivity index (χ2n) is 15.5. The van der Waals surface area contributed by atoms with Crippen LogP contribution < -0.4 is 25.2 Å². The van der Waals surface area contributed by atoms with E-state index in [9.17, 15) is 19.2 Å². The van der Waals surface area contributed by atoms with Gasteiger partial charge in [-0.05, 0) is 92.8 Å².